The third-order valence-corrected chi connectivity index (χ3v) is 6.00. The van der Waals surface area contributed by atoms with Gasteiger partial charge >= 0.3 is 171 Å². The third kappa shape index (κ3) is 5.39. The molecule has 0 amide bonds. The summed E-state index contributed by atoms with van der Waals surface area (Å²) in [5.41, 5.74) is 0.500. The monoisotopic (exact) mass is 619 g/mol. The van der Waals surface area contributed by atoms with E-state index in [-0.39, 0.29) is 14.5 Å². The van der Waals surface area contributed by atoms with Crippen LogP contribution in [0, 0.1) is 5.92 Å². The van der Waals surface area contributed by atoms with Gasteiger partial charge in [0, 0.05) is 0 Å². The Morgan fingerprint density at radius 3 is 2.73 bits per heavy atom. The molecule has 0 aromatic carbocycles. The van der Waals surface area contributed by atoms with Crippen LogP contribution in [0.25, 0.3) is 0 Å². The van der Waals surface area contributed by atoms with Crippen molar-refractivity contribution < 1.29 is 46.3 Å². The van der Waals surface area contributed by atoms with E-state index in [1.807, 2.05) is 0 Å². The summed E-state index contributed by atoms with van der Waals surface area (Å²) in [6, 6.07) is -0.353. The maximum absolute atomic E-state index is 12.5. The summed E-state index contributed by atoms with van der Waals surface area (Å²) in [5, 5.41) is 0. The molecule has 0 radical (unpaired) electrons. The summed E-state index contributed by atoms with van der Waals surface area (Å²) >= 11 is 7.09. The predicted molar refractivity (Wildman–Crippen MR) is 98.0 cm³/mol. The van der Waals surface area contributed by atoms with Gasteiger partial charge in [-0.1, -0.05) is 0 Å². The van der Waals surface area contributed by atoms with Crippen LogP contribution >= 0.6 is 38.5 Å². The molecule has 1 fully saturated rings. The average molecular weight is 619 g/mol. The Balaban J connectivity index is 2.33. The van der Waals surface area contributed by atoms with E-state index in [4.69, 9.17) is 20.6 Å². The van der Waals surface area contributed by atoms with Crippen LogP contribution in [0.2, 0.25) is 0 Å². The van der Waals surface area contributed by atoms with Crippen molar-refractivity contribution in [2.45, 2.75) is 31.0 Å². The van der Waals surface area contributed by atoms with Crippen molar-refractivity contribution in [3.8, 4) is 0 Å². The molecular weight excluding hydrogens is 603 g/mol. The van der Waals surface area contributed by atoms with E-state index in [0.717, 1.165) is 19.4 Å². The van der Waals surface area contributed by atoms with Gasteiger partial charge in [-0.3, -0.25) is 0 Å². The van der Waals surface area contributed by atoms with Gasteiger partial charge in [0.1, 0.15) is 0 Å². The number of imidazole rings is 1. The number of nitrogens with zero attached hydrogens (tertiary/aromatic N) is 3. The van der Waals surface area contributed by atoms with Crippen molar-refractivity contribution in [1.29, 1.82) is 0 Å². The van der Waals surface area contributed by atoms with E-state index < -0.39 is 31.1 Å². The number of halogens is 4. The first kappa shape index (κ1) is 23.0. The first-order chi connectivity index (χ1) is 12.2. The molecule has 7 atom stereocenters. The standard InChI is InChI=1S/C12H16ClF3N3O3P3.W/c1-17-11-7(3-13)18-5-19(11)8-2-6(4-20-12(14,15)16)9(22-25-24)10(8)21-23;/h5-6,8-10,25H,1-2,4,23-24H2;/t6-,8-,9-,10+;/m1./s1. The Morgan fingerprint density at radius 1 is 1.54 bits per heavy atom. The van der Waals surface area contributed by atoms with E-state index in [9.17, 15) is 13.2 Å². The number of hydrogen-bond donors (Lipinski definition) is 0. The molecule has 0 aliphatic heterocycles. The van der Waals surface area contributed by atoms with Gasteiger partial charge < -0.3 is 0 Å². The molecule has 14 heteroatoms. The van der Waals surface area contributed by atoms with Gasteiger partial charge in [-0.15, -0.1) is 0 Å². The summed E-state index contributed by atoms with van der Waals surface area (Å²) in [6.45, 7) is 3.03. The molecule has 1 saturated carbocycles. The van der Waals surface area contributed by atoms with Crippen LogP contribution in [-0.4, -0.2) is 44.8 Å². The van der Waals surface area contributed by atoms with Crippen LogP contribution in [0.3, 0.4) is 0 Å². The Kier molecular flexibility index (Phi) is 8.78. The number of alkyl halides is 3. The van der Waals surface area contributed by atoms with Gasteiger partial charge in [-0.25, -0.2) is 0 Å². The summed E-state index contributed by atoms with van der Waals surface area (Å²) in [6.07, 6.45) is -3.93. The van der Waals surface area contributed by atoms with Gasteiger partial charge in [0.25, 0.3) is 0 Å². The molecule has 0 N–H and O–H groups in total. The second-order valence-electron chi connectivity index (χ2n) is 5.38. The van der Waals surface area contributed by atoms with Gasteiger partial charge in [-0.2, -0.15) is 0 Å². The molecule has 0 saturated heterocycles. The fourth-order valence-electron chi connectivity index (χ4n) is 3.00. The van der Waals surface area contributed by atoms with Crippen molar-refractivity contribution in [1.82, 2.24) is 9.55 Å². The molecule has 3 unspecified atom stereocenters. The fraction of sp³-hybridized carbons (Fsp3) is 0.583. The molecule has 0 spiro atoms. The maximum atomic E-state index is 12.5. The molecule has 146 valence electrons. The van der Waals surface area contributed by atoms with Crippen LogP contribution in [0.4, 0.5) is 19.0 Å². The van der Waals surface area contributed by atoms with E-state index in [2.05, 4.69) is 39.8 Å². The quantitative estimate of drug-likeness (QED) is 0.331. The first-order valence-corrected chi connectivity index (χ1v) is 12.2. The number of ether oxygens (including phenoxy) is 1. The summed E-state index contributed by atoms with van der Waals surface area (Å²) in [7, 11) is 4.58. The van der Waals surface area contributed by atoms with Crippen molar-refractivity contribution in [3.63, 3.8) is 0 Å². The normalized spacial score (nSPS) is 26.7. The molecule has 26 heavy (non-hydrogen) atoms. The molecule has 0 bridgehead atoms. The summed E-state index contributed by atoms with van der Waals surface area (Å²) < 4.78 is 54.9. The van der Waals surface area contributed by atoms with Crippen LogP contribution in [0.5, 0.6) is 0 Å². The molecule has 6 nitrogen and oxygen atoms in total. The Hall–Kier alpha value is 0.688. The predicted octanol–water partition coefficient (Wildman–Crippen LogP) is 3.52. The Labute approximate surface area is 170 Å². The SMILES string of the molecule is C=Nc1c([C](Cl)=[W])ncn1[C@@H]1C[C@H](COC(F)(F)F)[C@@H](OPP)[C@H]1OP. The van der Waals surface area contributed by atoms with E-state index >= 15 is 0 Å². The van der Waals surface area contributed by atoms with Crippen LogP contribution < -0.4 is 0 Å². The van der Waals surface area contributed by atoms with Gasteiger partial charge in [0.15, 0.2) is 0 Å². The van der Waals surface area contributed by atoms with Gasteiger partial charge in [0.2, 0.25) is 0 Å². The van der Waals surface area contributed by atoms with E-state index in [1.165, 1.54) is 0 Å². The molecule has 1 aliphatic rings. The third-order valence-electron chi connectivity index (χ3n) is 4.00. The zero-order valence-corrected chi connectivity index (χ0v) is 20.1. The Bertz CT molecular complexity index is 667. The molecule has 1 heterocycles. The molecule has 1 aliphatic carbocycles. The zero-order chi connectivity index (χ0) is 19.5. The minimum absolute atomic E-state index is 0.0119. The molecule has 1 aromatic heterocycles. The summed E-state index contributed by atoms with van der Waals surface area (Å²) in [5.74, 6) is -0.0676. The molecular formula is C12H16ClF3N3O3P3W. The van der Waals surface area contributed by atoms with Crippen molar-refractivity contribution in [2.75, 3.05) is 6.61 Å². The minimum atomic E-state index is -4.70. The fourth-order valence-corrected chi connectivity index (χ4v) is 4.95. The number of aromatic nitrogens is 2. The molecule has 1 aromatic rings. The number of rotatable bonds is 8. The van der Waals surface area contributed by atoms with Crippen molar-refractivity contribution in [2.24, 2.45) is 10.9 Å². The topological polar surface area (TPSA) is 57.9 Å². The van der Waals surface area contributed by atoms with Gasteiger partial charge in [-0.05, 0) is 0 Å². The van der Waals surface area contributed by atoms with Crippen LogP contribution in [0.1, 0.15) is 18.2 Å². The second kappa shape index (κ2) is 9.94. The van der Waals surface area contributed by atoms with Gasteiger partial charge in [0.05, 0.1) is 0 Å². The zero-order valence-electron chi connectivity index (χ0n) is 13.1. The van der Waals surface area contributed by atoms with E-state index in [1.54, 1.807) is 10.9 Å². The average Bonchev–Trinajstić information content (AvgIpc) is 3.13. The number of hydrogen-bond acceptors (Lipinski definition) is 5. The van der Waals surface area contributed by atoms with Crippen LogP contribution in [0.15, 0.2) is 11.3 Å². The molecule has 2 rings (SSSR count). The number of aliphatic imine (C=N–C) groups is 1. The summed E-state index contributed by atoms with van der Waals surface area (Å²) in [4.78, 5) is 8.23. The van der Waals surface area contributed by atoms with E-state index in [0.29, 0.717) is 21.3 Å². The first-order valence-electron chi connectivity index (χ1n) is 7.14. The van der Waals surface area contributed by atoms with Crippen molar-refractivity contribution in [3.05, 3.63) is 12.0 Å². The second-order valence-corrected chi connectivity index (χ2v) is 9.57. The van der Waals surface area contributed by atoms with Crippen LogP contribution in [-0.2, 0) is 33.1 Å². The van der Waals surface area contributed by atoms with Crippen molar-refractivity contribution >= 4 is 54.4 Å². The Morgan fingerprint density at radius 2 is 2.23 bits per heavy atom.